The molecule has 144 valence electrons. The van der Waals surface area contributed by atoms with Gasteiger partial charge in [0.1, 0.15) is 6.54 Å². The van der Waals surface area contributed by atoms with E-state index >= 15 is 0 Å². The van der Waals surface area contributed by atoms with Crippen molar-refractivity contribution in [3.05, 3.63) is 35.9 Å². The second kappa shape index (κ2) is 10.8. The van der Waals surface area contributed by atoms with Crippen LogP contribution in [0.1, 0.15) is 18.5 Å². The third-order valence-electron chi connectivity index (χ3n) is 4.35. The molecular formula is C19H31N5O2. The van der Waals surface area contributed by atoms with Crippen LogP contribution in [0.3, 0.4) is 0 Å². The lowest BCUT2D eigenvalue weighted by Crippen LogP contribution is -2.45. The zero-order valence-electron chi connectivity index (χ0n) is 16.1. The van der Waals surface area contributed by atoms with E-state index in [-0.39, 0.29) is 18.5 Å². The maximum Gasteiger partial charge on any atom is 0.243 e. The standard InChI is InChI=1S/C19H31N5O2/c1-16(17-7-5-4-6-8-17)22-19(21-15-18(25)23(2)3)20-9-10-24-11-13-26-14-12-24/h4-8,16H,9-15H2,1-3H3,(H2,20,21,22). The fourth-order valence-corrected chi connectivity index (χ4v) is 2.63. The number of carbonyl (C=O) groups excluding carboxylic acids is 1. The van der Waals surface area contributed by atoms with Crippen molar-refractivity contribution in [2.45, 2.75) is 13.0 Å². The predicted molar refractivity (Wildman–Crippen MR) is 104 cm³/mol. The molecule has 1 heterocycles. The molecule has 1 aromatic carbocycles. The Morgan fingerprint density at radius 3 is 2.62 bits per heavy atom. The Bertz CT molecular complexity index is 571. The van der Waals surface area contributed by atoms with Gasteiger partial charge in [0.25, 0.3) is 0 Å². The molecule has 1 amide bonds. The number of morpholine rings is 1. The lowest BCUT2D eigenvalue weighted by atomic mass is 10.1. The van der Waals surface area contributed by atoms with Crippen molar-refractivity contribution >= 4 is 11.9 Å². The van der Waals surface area contributed by atoms with Gasteiger partial charge in [-0.05, 0) is 12.5 Å². The van der Waals surface area contributed by atoms with Crippen LogP contribution >= 0.6 is 0 Å². The van der Waals surface area contributed by atoms with E-state index in [2.05, 4.69) is 39.6 Å². The zero-order chi connectivity index (χ0) is 18.8. The van der Waals surface area contributed by atoms with Crippen LogP contribution in [0, 0.1) is 0 Å². The smallest absolute Gasteiger partial charge is 0.243 e. The summed E-state index contributed by atoms with van der Waals surface area (Å²) in [6.07, 6.45) is 0. The van der Waals surface area contributed by atoms with Gasteiger partial charge in [0.05, 0.1) is 19.3 Å². The van der Waals surface area contributed by atoms with Gasteiger partial charge in [0, 0.05) is 40.3 Å². The average molecular weight is 361 g/mol. The maximum absolute atomic E-state index is 11.9. The summed E-state index contributed by atoms with van der Waals surface area (Å²) in [4.78, 5) is 20.2. The van der Waals surface area contributed by atoms with Crippen molar-refractivity contribution in [2.75, 3.05) is 60.0 Å². The summed E-state index contributed by atoms with van der Waals surface area (Å²) in [6.45, 7) is 7.41. The van der Waals surface area contributed by atoms with Gasteiger partial charge in [-0.25, -0.2) is 4.99 Å². The highest BCUT2D eigenvalue weighted by Gasteiger charge is 2.12. The molecule has 1 aliphatic rings. The number of nitrogens with zero attached hydrogens (tertiary/aromatic N) is 3. The summed E-state index contributed by atoms with van der Waals surface area (Å²) >= 11 is 0. The molecule has 0 aromatic heterocycles. The Hall–Kier alpha value is -2.12. The Labute approximate surface area is 156 Å². The number of benzene rings is 1. The molecule has 7 nitrogen and oxygen atoms in total. The van der Waals surface area contributed by atoms with Gasteiger partial charge in [-0.1, -0.05) is 30.3 Å². The van der Waals surface area contributed by atoms with E-state index in [9.17, 15) is 4.79 Å². The topological polar surface area (TPSA) is 69.2 Å². The molecule has 2 N–H and O–H groups in total. The predicted octanol–water partition coefficient (Wildman–Crippen LogP) is 0.703. The summed E-state index contributed by atoms with van der Waals surface area (Å²) in [5.74, 6) is 0.636. The molecule has 1 unspecified atom stereocenters. The average Bonchev–Trinajstić information content (AvgIpc) is 2.67. The fourth-order valence-electron chi connectivity index (χ4n) is 2.63. The van der Waals surface area contributed by atoms with Crippen LogP contribution in [0.2, 0.25) is 0 Å². The highest BCUT2D eigenvalue weighted by atomic mass is 16.5. The van der Waals surface area contributed by atoms with Gasteiger partial charge in [0.2, 0.25) is 5.91 Å². The van der Waals surface area contributed by atoms with Gasteiger partial charge in [-0.3, -0.25) is 9.69 Å². The molecule has 0 spiro atoms. The van der Waals surface area contributed by atoms with Crippen LogP contribution in [-0.4, -0.2) is 81.7 Å². The van der Waals surface area contributed by atoms with Crippen molar-refractivity contribution in [3.8, 4) is 0 Å². The van der Waals surface area contributed by atoms with E-state index in [1.54, 1.807) is 19.0 Å². The normalized spacial score (nSPS) is 16.8. The van der Waals surface area contributed by atoms with E-state index in [1.807, 2.05) is 18.2 Å². The van der Waals surface area contributed by atoms with Crippen LogP contribution in [0.4, 0.5) is 0 Å². The molecule has 1 atom stereocenters. The van der Waals surface area contributed by atoms with Gasteiger partial charge >= 0.3 is 0 Å². The second-order valence-corrected chi connectivity index (χ2v) is 6.61. The molecule has 1 aliphatic heterocycles. The first-order chi connectivity index (χ1) is 12.6. The molecular weight excluding hydrogens is 330 g/mol. The van der Waals surface area contributed by atoms with Crippen LogP contribution in [0.25, 0.3) is 0 Å². The minimum Gasteiger partial charge on any atom is -0.379 e. The number of rotatable bonds is 7. The lowest BCUT2D eigenvalue weighted by Gasteiger charge is -2.27. The van der Waals surface area contributed by atoms with Crippen LogP contribution in [0.5, 0.6) is 0 Å². The van der Waals surface area contributed by atoms with E-state index in [4.69, 9.17) is 4.74 Å². The number of aliphatic imine (C=N–C) groups is 1. The van der Waals surface area contributed by atoms with Crippen molar-refractivity contribution in [1.82, 2.24) is 20.4 Å². The molecule has 1 fully saturated rings. The largest absolute Gasteiger partial charge is 0.379 e. The molecule has 2 rings (SSSR count). The summed E-state index contributed by atoms with van der Waals surface area (Å²) in [5.41, 5.74) is 1.18. The first-order valence-electron chi connectivity index (χ1n) is 9.16. The van der Waals surface area contributed by atoms with Crippen molar-refractivity contribution in [2.24, 2.45) is 4.99 Å². The van der Waals surface area contributed by atoms with Crippen molar-refractivity contribution in [3.63, 3.8) is 0 Å². The molecule has 7 heteroatoms. The lowest BCUT2D eigenvalue weighted by molar-refractivity contribution is -0.127. The van der Waals surface area contributed by atoms with Gasteiger partial charge in [-0.2, -0.15) is 0 Å². The molecule has 1 saturated heterocycles. The maximum atomic E-state index is 11.9. The summed E-state index contributed by atoms with van der Waals surface area (Å²) < 4.78 is 5.38. The summed E-state index contributed by atoms with van der Waals surface area (Å²) in [7, 11) is 3.48. The third kappa shape index (κ3) is 7.01. The number of ether oxygens (including phenoxy) is 1. The number of guanidine groups is 1. The van der Waals surface area contributed by atoms with Crippen molar-refractivity contribution < 1.29 is 9.53 Å². The van der Waals surface area contributed by atoms with Crippen LogP contribution in [0.15, 0.2) is 35.3 Å². The van der Waals surface area contributed by atoms with Gasteiger partial charge in [0.15, 0.2) is 5.96 Å². The molecule has 0 bridgehead atoms. The van der Waals surface area contributed by atoms with E-state index in [0.29, 0.717) is 5.96 Å². The van der Waals surface area contributed by atoms with E-state index in [1.165, 1.54) is 5.56 Å². The zero-order valence-corrected chi connectivity index (χ0v) is 16.1. The third-order valence-corrected chi connectivity index (χ3v) is 4.35. The molecule has 0 saturated carbocycles. The SMILES string of the molecule is CC(NC(=NCC(=O)N(C)C)NCCN1CCOCC1)c1ccccc1. The molecule has 0 radical (unpaired) electrons. The van der Waals surface area contributed by atoms with E-state index < -0.39 is 0 Å². The van der Waals surface area contributed by atoms with Crippen molar-refractivity contribution in [1.29, 1.82) is 0 Å². The Morgan fingerprint density at radius 1 is 1.27 bits per heavy atom. The fraction of sp³-hybridized carbons (Fsp3) is 0.579. The number of hydrogen-bond donors (Lipinski definition) is 2. The van der Waals surface area contributed by atoms with Gasteiger partial charge in [-0.15, -0.1) is 0 Å². The number of nitrogens with one attached hydrogen (secondary N) is 2. The summed E-state index contributed by atoms with van der Waals surface area (Å²) in [5, 5.41) is 6.74. The minimum absolute atomic E-state index is 0.0216. The monoisotopic (exact) mass is 361 g/mol. The number of hydrogen-bond acceptors (Lipinski definition) is 4. The van der Waals surface area contributed by atoms with E-state index in [0.717, 1.165) is 39.4 Å². The first-order valence-corrected chi connectivity index (χ1v) is 9.16. The van der Waals surface area contributed by atoms with Gasteiger partial charge < -0.3 is 20.3 Å². The molecule has 0 aliphatic carbocycles. The summed E-state index contributed by atoms with van der Waals surface area (Å²) in [6, 6.07) is 10.3. The second-order valence-electron chi connectivity index (χ2n) is 6.61. The highest BCUT2D eigenvalue weighted by molar-refractivity contribution is 5.85. The first kappa shape index (κ1) is 20.2. The Morgan fingerprint density at radius 2 is 1.96 bits per heavy atom. The Kier molecular flexibility index (Phi) is 8.37. The minimum atomic E-state index is -0.0216. The Balaban J connectivity index is 1.91. The molecule has 1 aromatic rings. The quantitative estimate of drug-likeness (QED) is 0.553. The van der Waals surface area contributed by atoms with Crippen LogP contribution < -0.4 is 10.6 Å². The number of likely N-dealkylation sites (N-methyl/N-ethyl adjacent to an activating group) is 1. The van der Waals surface area contributed by atoms with Crippen LogP contribution in [-0.2, 0) is 9.53 Å². The highest BCUT2D eigenvalue weighted by Crippen LogP contribution is 2.10. The number of carbonyl (C=O) groups is 1. The molecule has 26 heavy (non-hydrogen) atoms. The number of amides is 1.